The molecule has 0 saturated heterocycles. The molecule has 128 valence electrons. The van der Waals surface area contributed by atoms with Crippen molar-refractivity contribution in [2.45, 2.75) is 26.3 Å². The molecule has 5 heteroatoms. The van der Waals surface area contributed by atoms with Crippen LogP contribution in [0.5, 0.6) is 0 Å². The van der Waals surface area contributed by atoms with Crippen molar-refractivity contribution in [1.82, 2.24) is 10.2 Å². The first kappa shape index (κ1) is 17.9. The van der Waals surface area contributed by atoms with E-state index in [-0.39, 0.29) is 18.4 Å². The van der Waals surface area contributed by atoms with Crippen molar-refractivity contribution in [1.29, 1.82) is 0 Å². The van der Waals surface area contributed by atoms with Crippen LogP contribution in [-0.2, 0) is 9.59 Å². The smallest absolute Gasteiger partial charge is 0.241 e. The van der Waals surface area contributed by atoms with E-state index in [1.807, 2.05) is 49.4 Å². The number of hydrogen-bond donors (Lipinski definition) is 2. The van der Waals surface area contributed by atoms with Crippen LogP contribution in [-0.4, -0.2) is 42.9 Å². The van der Waals surface area contributed by atoms with E-state index in [0.717, 1.165) is 22.9 Å². The minimum atomic E-state index is -0.406. The summed E-state index contributed by atoms with van der Waals surface area (Å²) in [6.45, 7) is 4.66. The summed E-state index contributed by atoms with van der Waals surface area (Å²) in [7, 11) is 1.78. The molecular formula is C19H25N3O2. The van der Waals surface area contributed by atoms with Gasteiger partial charge in [0.2, 0.25) is 11.8 Å². The standard InChI is InChI=1S/C19H25N3O2/c1-4-12-20-18(23)13-22(3)14(2)19(24)21-17-11-7-9-15-8-5-6-10-16(15)17/h5-11,14H,4,12-13H2,1-3H3,(H,20,23)(H,21,24)/t14-/m1/s1. The highest BCUT2D eigenvalue weighted by atomic mass is 16.2. The molecule has 1 atom stereocenters. The lowest BCUT2D eigenvalue weighted by atomic mass is 10.1. The Morgan fingerprint density at radius 2 is 1.83 bits per heavy atom. The topological polar surface area (TPSA) is 61.4 Å². The molecule has 2 aromatic carbocycles. The maximum absolute atomic E-state index is 12.5. The highest BCUT2D eigenvalue weighted by Crippen LogP contribution is 2.23. The zero-order chi connectivity index (χ0) is 17.5. The van der Waals surface area contributed by atoms with Crippen LogP contribution in [0.4, 0.5) is 5.69 Å². The normalized spacial score (nSPS) is 12.2. The second kappa shape index (κ2) is 8.45. The maximum atomic E-state index is 12.5. The van der Waals surface area contributed by atoms with Crippen molar-refractivity contribution in [3.05, 3.63) is 42.5 Å². The van der Waals surface area contributed by atoms with Crippen LogP contribution in [0, 0.1) is 0 Å². The SMILES string of the molecule is CCCNC(=O)CN(C)[C@H](C)C(=O)Nc1cccc2ccccc12. The van der Waals surface area contributed by atoms with E-state index in [2.05, 4.69) is 10.6 Å². The summed E-state index contributed by atoms with van der Waals surface area (Å²) in [5.74, 6) is -0.193. The van der Waals surface area contributed by atoms with E-state index in [9.17, 15) is 9.59 Å². The van der Waals surface area contributed by atoms with E-state index in [1.54, 1.807) is 18.9 Å². The van der Waals surface area contributed by atoms with E-state index < -0.39 is 6.04 Å². The van der Waals surface area contributed by atoms with Crippen LogP contribution in [0.1, 0.15) is 20.3 Å². The minimum Gasteiger partial charge on any atom is -0.355 e. The van der Waals surface area contributed by atoms with E-state index >= 15 is 0 Å². The lowest BCUT2D eigenvalue weighted by Crippen LogP contribution is -2.44. The second-order valence-corrected chi connectivity index (χ2v) is 5.96. The summed E-state index contributed by atoms with van der Waals surface area (Å²) in [5, 5.41) is 7.87. The quantitative estimate of drug-likeness (QED) is 0.822. The molecule has 24 heavy (non-hydrogen) atoms. The molecule has 0 radical (unpaired) electrons. The first-order valence-corrected chi connectivity index (χ1v) is 8.28. The highest BCUT2D eigenvalue weighted by molar-refractivity contribution is 6.03. The highest BCUT2D eigenvalue weighted by Gasteiger charge is 2.20. The average Bonchev–Trinajstić information content (AvgIpc) is 2.59. The van der Waals surface area contributed by atoms with Crippen LogP contribution >= 0.6 is 0 Å². The Kier molecular flexibility index (Phi) is 6.32. The summed E-state index contributed by atoms with van der Waals surface area (Å²) < 4.78 is 0. The predicted octanol–water partition coefficient (Wildman–Crippen LogP) is 2.62. The van der Waals surface area contributed by atoms with Gasteiger partial charge in [-0.25, -0.2) is 0 Å². The molecule has 0 aliphatic heterocycles. The molecule has 2 amide bonds. The third-order valence-corrected chi connectivity index (χ3v) is 4.05. The zero-order valence-corrected chi connectivity index (χ0v) is 14.5. The number of likely N-dealkylation sites (N-methyl/N-ethyl adjacent to an activating group) is 1. The molecule has 0 fully saturated rings. The first-order chi connectivity index (χ1) is 11.5. The van der Waals surface area contributed by atoms with E-state index in [4.69, 9.17) is 0 Å². The third-order valence-electron chi connectivity index (χ3n) is 4.05. The Morgan fingerprint density at radius 3 is 2.58 bits per heavy atom. The van der Waals surface area contributed by atoms with Crippen molar-refractivity contribution in [2.75, 3.05) is 25.5 Å². The fraction of sp³-hybridized carbons (Fsp3) is 0.368. The number of hydrogen-bond acceptors (Lipinski definition) is 3. The number of carbonyl (C=O) groups is 2. The summed E-state index contributed by atoms with van der Waals surface area (Å²) in [6.07, 6.45) is 0.895. The molecule has 0 aliphatic carbocycles. The fourth-order valence-electron chi connectivity index (χ4n) is 2.46. The number of carbonyl (C=O) groups excluding carboxylic acids is 2. The van der Waals surface area contributed by atoms with E-state index in [1.165, 1.54) is 0 Å². The maximum Gasteiger partial charge on any atom is 0.241 e. The summed E-state index contributed by atoms with van der Waals surface area (Å²) >= 11 is 0. The number of nitrogens with zero attached hydrogens (tertiary/aromatic N) is 1. The van der Waals surface area contributed by atoms with Crippen molar-refractivity contribution < 1.29 is 9.59 Å². The van der Waals surface area contributed by atoms with Gasteiger partial charge in [0.1, 0.15) is 0 Å². The molecular weight excluding hydrogens is 302 g/mol. The van der Waals surface area contributed by atoms with Gasteiger partial charge in [-0.1, -0.05) is 43.3 Å². The summed E-state index contributed by atoms with van der Waals surface area (Å²) in [5.41, 5.74) is 0.786. The number of amides is 2. The van der Waals surface area contributed by atoms with Crippen molar-refractivity contribution in [3.63, 3.8) is 0 Å². The Morgan fingerprint density at radius 1 is 1.12 bits per heavy atom. The van der Waals surface area contributed by atoms with Crippen molar-refractivity contribution in [3.8, 4) is 0 Å². The van der Waals surface area contributed by atoms with Gasteiger partial charge in [0.05, 0.1) is 12.6 Å². The first-order valence-electron chi connectivity index (χ1n) is 8.28. The van der Waals surface area contributed by atoms with Gasteiger partial charge >= 0.3 is 0 Å². The van der Waals surface area contributed by atoms with Gasteiger partial charge in [-0.3, -0.25) is 14.5 Å². The van der Waals surface area contributed by atoms with Crippen molar-refractivity contribution in [2.24, 2.45) is 0 Å². The molecule has 0 heterocycles. The Hall–Kier alpha value is -2.40. The largest absolute Gasteiger partial charge is 0.355 e. The molecule has 0 bridgehead atoms. The monoisotopic (exact) mass is 327 g/mol. The molecule has 0 unspecified atom stereocenters. The summed E-state index contributed by atoms with van der Waals surface area (Å²) in [4.78, 5) is 26.0. The number of nitrogens with one attached hydrogen (secondary N) is 2. The fourth-order valence-corrected chi connectivity index (χ4v) is 2.46. The van der Waals surface area contributed by atoms with Gasteiger partial charge in [0, 0.05) is 17.6 Å². The Labute approximate surface area is 143 Å². The van der Waals surface area contributed by atoms with Crippen molar-refractivity contribution >= 4 is 28.3 Å². The van der Waals surface area contributed by atoms with Crippen LogP contribution < -0.4 is 10.6 Å². The number of rotatable bonds is 7. The lowest BCUT2D eigenvalue weighted by Gasteiger charge is -2.23. The lowest BCUT2D eigenvalue weighted by molar-refractivity contribution is -0.124. The van der Waals surface area contributed by atoms with Gasteiger partial charge in [-0.2, -0.15) is 0 Å². The number of anilines is 1. The molecule has 2 aromatic rings. The Balaban J connectivity index is 2.01. The van der Waals surface area contributed by atoms with Gasteiger partial charge in [-0.05, 0) is 31.8 Å². The Bertz CT molecular complexity index is 709. The molecule has 0 aliphatic rings. The minimum absolute atomic E-state index is 0.0656. The van der Waals surface area contributed by atoms with Gasteiger partial charge in [-0.15, -0.1) is 0 Å². The number of benzene rings is 2. The molecule has 0 aromatic heterocycles. The molecule has 2 rings (SSSR count). The van der Waals surface area contributed by atoms with Gasteiger partial charge in [0.25, 0.3) is 0 Å². The van der Waals surface area contributed by atoms with Crippen LogP contribution in [0.2, 0.25) is 0 Å². The third kappa shape index (κ3) is 4.55. The van der Waals surface area contributed by atoms with Gasteiger partial charge < -0.3 is 10.6 Å². The molecule has 0 saturated carbocycles. The predicted molar refractivity (Wildman–Crippen MR) is 98.0 cm³/mol. The number of fused-ring (bicyclic) bond motifs is 1. The van der Waals surface area contributed by atoms with Gasteiger partial charge in [0.15, 0.2) is 0 Å². The molecule has 2 N–H and O–H groups in total. The molecule has 0 spiro atoms. The summed E-state index contributed by atoms with van der Waals surface area (Å²) in [6, 6.07) is 13.3. The average molecular weight is 327 g/mol. The second-order valence-electron chi connectivity index (χ2n) is 5.96. The zero-order valence-electron chi connectivity index (χ0n) is 14.5. The van der Waals surface area contributed by atoms with Crippen LogP contribution in [0.3, 0.4) is 0 Å². The van der Waals surface area contributed by atoms with Crippen LogP contribution in [0.15, 0.2) is 42.5 Å². The van der Waals surface area contributed by atoms with E-state index in [0.29, 0.717) is 6.54 Å². The van der Waals surface area contributed by atoms with Crippen LogP contribution in [0.25, 0.3) is 10.8 Å². The molecule has 5 nitrogen and oxygen atoms in total.